The van der Waals surface area contributed by atoms with Crippen LogP contribution in [-0.4, -0.2) is 4.57 Å². The minimum absolute atomic E-state index is 0.199. The smallest absolute Gasteiger partial charge is 0.149 e. The number of hydrogen-bond acceptors (Lipinski definition) is 3. The van der Waals surface area contributed by atoms with Crippen molar-refractivity contribution >= 4 is 17.3 Å². The van der Waals surface area contributed by atoms with Gasteiger partial charge in [-0.1, -0.05) is 11.6 Å². The zero-order valence-corrected chi connectivity index (χ0v) is 9.44. The normalized spacial score (nSPS) is 9.59. The number of nitriles is 2. The molecule has 0 unspecified atom stereocenters. The van der Waals surface area contributed by atoms with Crippen LogP contribution in [-0.2, 0) is 0 Å². The second-order valence-electron chi connectivity index (χ2n) is 3.38. The summed E-state index contributed by atoms with van der Waals surface area (Å²) < 4.78 is 1.57. The molecule has 0 aliphatic rings. The van der Waals surface area contributed by atoms with Crippen LogP contribution in [0, 0.1) is 22.7 Å². The van der Waals surface area contributed by atoms with E-state index in [1.54, 1.807) is 28.8 Å². The fourth-order valence-electron chi connectivity index (χ4n) is 1.53. The van der Waals surface area contributed by atoms with Crippen molar-refractivity contribution in [2.24, 2.45) is 0 Å². The Morgan fingerprint density at radius 2 is 1.76 bits per heavy atom. The van der Waals surface area contributed by atoms with Gasteiger partial charge in [-0.3, -0.25) is 0 Å². The maximum atomic E-state index is 9.04. The maximum Gasteiger partial charge on any atom is 0.149 e. The van der Waals surface area contributed by atoms with Crippen molar-refractivity contribution in [1.82, 2.24) is 4.57 Å². The van der Waals surface area contributed by atoms with Gasteiger partial charge in [0.05, 0.1) is 11.3 Å². The van der Waals surface area contributed by atoms with Gasteiger partial charge < -0.3 is 10.3 Å². The predicted molar refractivity (Wildman–Crippen MR) is 64.6 cm³/mol. The first-order chi connectivity index (χ1) is 8.17. The van der Waals surface area contributed by atoms with E-state index in [1.165, 1.54) is 6.20 Å². The molecule has 0 amide bonds. The zero-order chi connectivity index (χ0) is 12.4. The van der Waals surface area contributed by atoms with Crippen molar-refractivity contribution in [2.75, 3.05) is 5.73 Å². The van der Waals surface area contributed by atoms with Crippen molar-refractivity contribution < 1.29 is 0 Å². The molecule has 1 aromatic heterocycles. The molecule has 1 heterocycles. The summed E-state index contributed by atoms with van der Waals surface area (Å²) in [5.41, 5.74) is 7.18. The van der Waals surface area contributed by atoms with Gasteiger partial charge in [0.25, 0.3) is 0 Å². The van der Waals surface area contributed by atoms with Crippen LogP contribution >= 0.6 is 11.6 Å². The van der Waals surface area contributed by atoms with Crippen LogP contribution in [0.4, 0.5) is 5.69 Å². The summed E-state index contributed by atoms with van der Waals surface area (Å²) in [5.74, 6) is 0. The van der Waals surface area contributed by atoms with Crippen LogP contribution in [0.1, 0.15) is 11.3 Å². The molecule has 2 rings (SSSR count). The van der Waals surface area contributed by atoms with Crippen LogP contribution in [0.15, 0.2) is 30.5 Å². The lowest BCUT2D eigenvalue weighted by molar-refractivity contribution is 1.05. The molecule has 2 aromatic rings. The van der Waals surface area contributed by atoms with E-state index in [0.717, 1.165) is 5.69 Å². The van der Waals surface area contributed by atoms with E-state index in [-0.39, 0.29) is 16.9 Å². The Balaban J connectivity index is 2.65. The van der Waals surface area contributed by atoms with E-state index < -0.39 is 0 Å². The molecule has 0 bridgehead atoms. The Labute approximate surface area is 103 Å². The number of anilines is 1. The molecule has 2 N–H and O–H groups in total. The molecule has 0 aliphatic carbocycles. The van der Waals surface area contributed by atoms with Crippen LogP contribution in [0.2, 0.25) is 5.02 Å². The maximum absolute atomic E-state index is 9.04. The molecule has 0 saturated heterocycles. The highest BCUT2D eigenvalue weighted by atomic mass is 35.5. The summed E-state index contributed by atoms with van der Waals surface area (Å²) in [5, 5.41) is 18.5. The van der Waals surface area contributed by atoms with Crippen LogP contribution < -0.4 is 5.73 Å². The number of hydrogen-bond donors (Lipinski definition) is 1. The van der Waals surface area contributed by atoms with Gasteiger partial charge >= 0.3 is 0 Å². The fourth-order valence-corrected chi connectivity index (χ4v) is 1.66. The molecule has 4 nitrogen and oxygen atoms in total. The quantitative estimate of drug-likeness (QED) is 0.834. The number of halogens is 1. The molecule has 82 valence electrons. The Kier molecular flexibility index (Phi) is 2.74. The van der Waals surface area contributed by atoms with Gasteiger partial charge in [-0.2, -0.15) is 10.5 Å². The first-order valence-corrected chi connectivity index (χ1v) is 5.12. The van der Waals surface area contributed by atoms with Gasteiger partial charge in [-0.15, -0.1) is 0 Å². The number of rotatable bonds is 1. The molecule has 0 spiro atoms. The monoisotopic (exact) mass is 242 g/mol. The molecule has 0 aliphatic heterocycles. The average Bonchev–Trinajstić information content (AvgIpc) is 2.66. The predicted octanol–water partition coefficient (Wildman–Crippen LogP) is 2.46. The number of benzene rings is 1. The van der Waals surface area contributed by atoms with E-state index in [0.29, 0.717) is 5.02 Å². The molecule has 0 fully saturated rings. The molecule has 0 saturated carbocycles. The Morgan fingerprint density at radius 1 is 1.12 bits per heavy atom. The highest BCUT2D eigenvalue weighted by molar-refractivity contribution is 6.30. The zero-order valence-electron chi connectivity index (χ0n) is 8.68. The Morgan fingerprint density at radius 3 is 2.29 bits per heavy atom. The molecule has 5 heteroatoms. The third kappa shape index (κ3) is 1.82. The Hall–Kier alpha value is -2.43. The van der Waals surface area contributed by atoms with Crippen molar-refractivity contribution in [2.45, 2.75) is 0 Å². The second kappa shape index (κ2) is 4.21. The highest BCUT2D eigenvalue weighted by Gasteiger charge is 2.13. The van der Waals surface area contributed by atoms with Gasteiger partial charge in [0.2, 0.25) is 0 Å². The number of nitrogen functional groups attached to an aromatic ring is 1. The van der Waals surface area contributed by atoms with E-state index >= 15 is 0 Å². The van der Waals surface area contributed by atoms with Gasteiger partial charge in [0.15, 0.2) is 0 Å². The summed E-state index contributed by atoms with van der Waals surface area (Å²) in [6.45, 7) is 0. The van der Waals surface area contributed by atoms with Gasteiger partial charge in [0, 0.05) is 16.9 Å². The summed E-state index contributed by atoms with van der Waals surface area (Å²) in [4.78, 5) is 0. The van der Waals surface area contributed by atoms with E-state index in [2.05, 4.69) is 0 Å². The summed E-state index contributed by atoms with van der Waals surface area (Å²) in [6, 6.07) is 10.9. The average molecular weight is 243 g/mol. The SMILES string of the molecule is N#Cc1cn(-c2ccc(Cl)cc2)c(C#N)c1N. The number of nitrogens with zero attached hydrogens (tertiary/aromatic N) is 3. The van der Waals surface area contributed by atoms with E-state index in [1.807, 2.05) is 12.1 Å². The lowest BCUT2D eigenvalue weighted by atomic mass is 10.3. The molecule has 0 atom stereocenters. The summed E-state index contributed by atoms with van der Waals surface area (Å²) in [7, 11) is 0. The minimum atomic E-state index is 0.199. The lowest BCUT2D eigenvalue weighted by Gasteiger charge is -2.04. The van der Waals surface area contributed by atoms with Crippen LogP contribution in [0.5, 0.6) is 0 Å². The van der Waals surface area contributed by atoms with Gasteiger partial charge in [-0.25, -0.2) is 0 Å². The minimum Gasteiger partial charge on any atom is -0.395 e. The lowest BCUT2D eigenvalue weighted by Crippen LogP contribution is -1.97. The largest absolute Gasteiger partial charge is 0.395 e. The van der Waals surface area contributed by atoms with Crippen molar-refractivity contribution in [3.63, 3.8) is 0 Å². The highest BCUT2D eigenvalue weighted by Crippen LogP contribution is 2.23. The standard InChI is InChI=1S/C12H7ClN4/c13-9-1-3-10(4-2-9)17-7-8(5-14)12(16)11(17)6-15/h1-4,7H,16H2. The van der Waals surface area contributed by atoms with Gasteiger partial charge in [-0.05, 0) is 24.3 Å². The summed E-state index contributed by atoms with van der Waals surface area (Å²) in [6.07, 6.45) is 1.54. The molecular weight excluding hydrogens is 236 g/mol. The topological polar surface area (TPSA) is 78.5 Å². The third-order valence-electron chi connectivity index (χ3n) is 2.38. The second-order valence-corrected chi connectivity index (χ2v) is 3.81. The molecule has 17 heavy (non-hydrogen) atoms. The molecular formula is C12H7ClN4. The number of nitrogens with two attached hydrogens (primary N) is 1. The molecule has 0 radical (unpaired) electrons. The first-order valence-electron chi connectivity index (χ1n) is 4.74. The van der Waals surface area contributed by atoms with E-state index in [9.17, 15) is 0 Å². The van der Waals surface area contributed by atoms with Crippen molar-refractivity contribution in [3.8, 4) is 17.8 Å². The number of aromatic nitrogens is 1. The van der Waals surface area contributed by atoms with Crippen LogP contribution in [0.3, 0.4) is 0 Å². The summed E-state index contributed by atoms with van der Waals surface area (Å²) >= 11 is 5.79. The van der Waals surface area contributed by atoms with E-state index in [4.69, 9.17) is 27.9 Å². The fraction of sp³-hybridized carbons (Fsp3) is 0. The van der Waals surface area contributed by atoms with Gasteiger partial charge in [0.1, 0.15) is 17.8 Å². The van der Waals surface area contributed by atoms with Crippen molar-refractivity contribution in [3.05, 3.63) is 46.7 Å². The third-order valence-corrected chi connectivity index (χ3v) is 2.63. The molecule has 1 aromatic carbocycles. The van der Waals surface area contributed by atoms with Crippen molar-refractivity contribution in [1.29, 1.82) is 10.5 Å². The Bertz CT molecular complexity index is 641. The van der Waals surface area contributed by atoms with Crippen LogP contribution in [0.25, 0.3) is 5.69 Å². The first kappa shape index (κ1) is 11.1.